The number of carbonyl (C=O) groups excluding carboxylic acids is 4. The van der Waals surface area contributed by atoms with E-state index in [-0.39, 0.29) is 13.2 Å². The van der Waals surface area contributed by atoms with E-state index >= 15 is 0 Å². The van der Waals surface area contributed by atoms with Crippen LogP contribution < -0.4 is 0 Å². The molecule has 178 valence electrons. The van der Waals surface area contributed by atoms with Gasteiger partial charge in [-0.25, -0.2) is 14.5 Å². The zero-order valence-electron chi connectivity index (χ0n) is 18.4. The molecule has 2 fully saturated rings. The van der Waals surface area contributed by atoms with Crippen molar-refractivity contribution in [1.82, 2.24) is 4.90 Å². The second-order valence-corrected chi connectivity index (χ2v) is 8.60. The molecule has 0 spiro atoms. The van der Waals surface area contributed by atoms with Gasteiger partial charge in [-0.2, -0.15) is 0 Å². The number of nitrogens with zero attached hydrogens (tertiary/aromatic N) is 1. The Morgan fingerprint density at radius 2 is 1.85 bits per heavy atom. The van der Waals surface area contributed by atoms with Gasteiger partial charge in [0.05, 0.1) is 0 Å². The van der Waals surface area contributed by atoms with Crippen molar-refractivity contribution in [1.29, 1.82) is 0 Å². The number of rotatable bonds is 7. The summed E-state index contributed by atoms with van der Waals surface area (Å²) in [6, 6.07) is 6.59. The SMILES string of the molecule is C=CCOC(=O)N1C(=O)O[C@H]2C(OC(C)=O)C(COC(C)=O)O[C@H](Sc3ccc(C)cc3)[C@H]21. The van der Waals surface area contributed by atoms with Gasteiger partial charge in [0.25, 0.3) is 0 Å². The predicted octanol–water partition coefficient (Wildman–Crippen LogP) is 2.82. The van der Waals surface area contributed by atoms with Gasteiger partial charge in [-0.1, -0.05) is 42.1 Å². The molecule has 0 radical (unpaired) electrons. The number of hydrogen-bond donors (Lipinski definition) is 0. The van der Waals surface area contributed by atoms with Crippen LogP contribution in [0.4, 0.5) is 9.59 Å². The fourth-order valence-corrected chi connectivity index (χ4v) is 4.68. The number of esters is 2. The smallest absolute Gasteiger partial charge is 0.420 e. The average Bonchev–Trinajstić information content (AvgIpc) is 3.11. The van der Waals surface area contributed by atoms with Crippen molar-refractivity contribution in [3.63, 3.8) is 0 Å². The minimum Gasteiger partial charge on any atom is -0.463 e. The van der Waals surface area contributed by atoms with Gasteiger partial charge in [0.2, 0.25) is 0 Å². The maximum absolute atomic E-state index is 12.7. The number of carbonyl (C=O) groups is 4. The van der Waals surface area contributed by atoms with E-state index in [2.05, 4.69) is 6.58 Å². The van der Waals surface area contributed by atoms with E-state index in [0.717, 1.165) is 15.4 Å². The molecule has 0 saturated carbocycles. The molecule has 10 nitrogen and oxygen atoms in total. The fraction of sp³-hybridized carbons (Fsp3) is 0.455. The van der Waals surface area contributed by atoms with Gasteiger partial charge in [0, 0.05) is 18.7 Å². The van der Waals surface area contributed by atoms with E-state index in [1.54, 1.807) is 0 Å². The summed E-state index contributed by atoms with van der Waals surface area (Å²) in [6.07, 6.45) is -3.63. The van der Waals surface area contributed by atoms with Crippen molar-refractivity contribution >= 4 is 35.9 Å². The van der Waals surface area contributed by atoms with E-state index in [4.69, 9.17) is 23.7 Å². The van der Waals surface area contributed by atoms with Crippen LogP contribution in [-0.4, -0.2) is 72.0 Å². The lowest BCUT2D eigenvalue weighted by Crippen LogP contribution is -2.61. The molecule has 2 amide bonds. The third kappa shape index (κ3) is 5.85. The summed E-state index contributed by atoms with van der Waals surface area (Å²) in [4.78, 5) is 50.1. The Morgan fingerprint density at radius 3 is 2.45 bits per heavy atom. The van der Waals surface area contributed by atoms with Crippen LogP contribution in [0.1, 0.15) is 19.4 Å². The molecule has 1 aromatic rings. The Morgan fingerprint density at radius 1 is 1.15 bits per heavy atom. The third-order valence-electron chi connectivity index (χ3n) is 4.89. The highest BCUT2D eigenvalue weighted by Gasteiger charge is 2.60. The van der Waals surface area contributed by atoms with Crippen molar-refractivity contribution in [2.75, 3.05) is 13.2 Å². The van der Waals surface area contributed by atoms with Crippen molar-refractivity contribution in [3.05, 3.63) is 42.5 Å². The number of hydrogen-bond acceptors (Lipinski definition) is 10. The molecule has 2 unspecified atom stereocenters. The van der Waals surface area contributed by atoms with Crippen LogP contribution in [0.15, 0.2) is 41.8 Å². The summed E-state index contributed by atoms with van der Waals surface area (Å²) >= 11 is 1.25. The zero-order chi connectivity index (χ0) is 24.1. The molecular formula is C22H25NO9S. The Labute approximate surface area is 195 Å². The van der Waals surface area contributed by atoms with Gasteiger partial charge < -0.3 is 23.7 Å². The molecule has 2 aliphatic heterocycles. The van der Waals surface area contributed by atoms with Crippen LogP contribution in [0.5, 0.6) is 0 Å². The van der Waals surface area contributed by atoms with Gasteiger partial charge >= 0.3 is 24.1 Å². The van der Waals surface area contributed by atoms with Crippen LogP contribution in [0.3, 0.4) is 0 Å². The Bertz CT molecular complexity index is 919. The van der Waals surface area contributed by atoms with Crippen LogP contribution >= 0.6 is 11.8 Å². The molecule has 0 N–H and O–H groups in total. The molecule has 11 heteroatoms. The van der Waals surface area contributed by atoms with E-state index in [9.17, 15) is 19.2 Å². The zero-order valence-corrected chi connectivity index (χ0v) is 19.2. The lowest BCUT2D eigenvalue weighted by molar-refractivity contribution is -0.195. The molecule has 33 heavy (non-hydrogen) atoms. The number of thioether (sulfide) groups is 1. The van der Waals surface area contributed by atoms with Gasteiger partial charge in [-0.05, 0) is 19.1 Å². The van der Waals surface area contributed by atoms with Crippen LogP contribution in [0.2, 0.25) is 0 Å². The summed E-state index contributed by atoms with van der Waals surface area (Å²) in [5.41, 5.74) is 0.228. The van der Waals surface area contributed by atoms with E-state index in [1.807, 2.05) is 31.2 Å². The van der Waals surface area contributed by atoms with Crippen molar-refractivity contribution < 1.29 is 42.9 Å². The molecule has 5 atom stereocenters. The van der Waals surface area contributed by atoms with E-state index < -0.39 is 53.9 Å². The van der Waals surface area contributed by atoms with Crippen LogP contribution in [0, 0.1) is 6.92 Å². The first-order valence-electron chi connectivity index (χ1n) is 10.2. The number of imide groups is 1. The van der Waals surface area contributed by atoms with E-state index in [0.29, 0.717) is 0 Å². The van der Waals surface area contributed by atoms with Crippen molar-refractivity contribution in [2.24, 2.45) is 0 Å². The quantitative estimate of drug-likeness (QED) is 0.328. The number of aryl methyl sites for hydroxylation is 1. The summed E-state index contributed by atoms with van der Waals surface area (Å²) in [6.45, 7) is 7.51. The second-order valence-electron chi connectivity index (χ2n) is 7.43. The molecule has 0 aromatic heterocycles. The second kappa shape index (κ2) is 10.7. The Hall–Kier alpha value is -3.05. The fourth-order valence-electron chi connectivity index (χ4n) is 3.50. The molecule has 0 aliphatic carbocycles. The lowest BCUT2D eigenvalue weighted by Gasteiger charge is -2.42. The number of ether oxygens (including phenoxy) is 5. The number of benzene rings is 1. The molecule has 3 rings (SSSR count). The number of fused-ring (bicyclic) bond motifs is 1. The van der Waals surface area contributed by atoms with Gasteiger partial charge in [-0.15, -0.1) is 0 Å². The first-order chi connectivity index (χ1) is 15.7. The monoisotopic (exact) mass is 479 g/mol. The molecule has 1 aromatic carbocycles. The maximum atomic E-state index is 12.7. The molecule has 2 saturated heterocycles. The first-order valence-corrected chi connectivity index (χ1v) is 11.1. The van der Waals surface area contributed by atoms with Crippen LogP contribution in [0.25, 0.3) is 0 Å². The molecule has 0 bridgehead atoms. The number of amides is 2. The third-order valence-corrected chi connectivity index (χ3v) is 6.06. The Balaban J connectivity index is 1.96. The first kappa shape index (κ1) is 24.6. The van der Waals surface area contributed by atoms with E-state index in [1.165, 1.54) is 31.7 Å². The van der Waals surface area contributed by atoms with Crippen LogP contribution in [-0.2, 0) is 33.3 Å². The van der Waals surface area contributed by atoms with Gasteiger partial charge in [0.15, 0.2) is 12.2 Å². The highest BCUT2D eigenvalue weighted by molar-refractivity contribution is 7.99. The summed E-state index contributed by atoms with van der Waals surface area (Å²) in [7, 11) is 0. The maximum Gasteiger partial charge on any atom is 0.420 e. The van der Waals surface area contributed by atoms with Crippen molar-refractivity contribution in [3.8, 4) is 0 Å². The van der Waals surface area contributed by atoms with Crippen molar-refractivity contribution in [2.45, 2.75) is 55.5 Å². The minimum absolute atomic E-state index is 0.112. The van der Waals surface area contributed by atoms with Gasteiger partial charge in [-0.3, -0.25) is 9.59 Å². The summed E-state index contributed by atoms with van der Waals surface area (Å²) in [5.74, 6) is -1.20. The van der Waals surface area contributed by atoms with Gasteiger partial charge in [0.1, 0.15) is 30.8 Å². The molecule has 2 heterocycles. The average molecular weight is 480 g/mol. The largest absolute Gasteiger partial charge is 0.463 e. The Kier molecular flexibility index (Phi) is 7.98. The lowest BCUT2D eigenvalue weighted by atomic mass is 9.97. The highest BCUT2D eigenvalue weighted by Crippen LogP contribution is 2.41. The minimum atomic E-state index is -1.11. The topological polar surface area (TPSA) is 118 Å². The summed E-state index contributed by atoms with van der Waals surface area (Å²) in [5, 5.41) is 0. The normalized spacial score (nSPS) is 26.1. The summed E-state index contributed by atoms with van der Waals surface area (Å²) < 4.78 is 27.1. The molecule has 2 aliphatic rings. The predicted molar refractivity (Wildman–Crippen MR) is 115 cm³/mol. The standard InChI is InChI=1S/C22H25NO9S/c1-5-10-28-21(26)23-17-19(32-22(23)27)18(30-14(4)25)16(11-29-13(3)24)31-20(17)33-15-8-6-12(2)7-9-15/h5-9,16-20H,1,10-11H2,2-4H3/t16?,17-,18?,19+,20+/m0/s1. The molecular weight excluding hydrogens is 454 g/mol. The highest BCUT2D eigenvalue weighted by atomic mass is 32.2.